The van der Waals surface area contributed by atoms with E-state index in [1.165, 1.54) is 50.5 Å². The van der Waals surface area contributed by atoms with Crippen molar-refractivity contribution in [3.8, 4) is 0 Å². The number of unbranched alkanes of at least 4 members (excludes halogenated alkanes) is 5. The molecule has 1 unspecified atom stereocenters. The second-order valence-corrected chi connectivity index (χ2v) is 6.04. The predicted molar refractivity (Wildman–Crippen MR) is 90.2 cm³/mol. The molecule has 0 saturated carbocycles. The minimum atomic E-state index is -0.146. The van der Waals surface area contributed by atoms with E-state index in [0.29, 0.717) is 6.04 Å². The monoisotopic (exact) mass is 293 g/mol. The fourth-order valence-electron chi connectivity index (χ4n) is 2.70. The Bertz CT molecular complexity index is 347. The minimum absolute atomic E-state index is 0.146. The quantitative estimate of drug-likeness (QED) is 0.503. The molecule has 0 heterocycles. The van der Waals surface area contributed by atoms with Crippen LogP contribution in [0, 0.1) is 5.82 Å². The van der Waals surface area contributed by atoms with Crippen LogP contribution in [-0.2, 0) is 6.42 Å². The maximum atomic E-state index is 13.0. The maximum Gasteiger partial charge on any atom is 0.123 e. The standard InChI is InChI=1S/C19H32FN/c1-3-5-6-7-8-9-10-19(21-15-4-2)16-17-11-13-18(20)14-12-17/h11-14,19,21H,3-10,15-16H2,1-2H3. The summed E-state index contributed by atoms with van der Waals surface area (Å²) in [4.78, 5) is 0. The van der Waals surface area contributed by atoms with Crippen molar-refractivity contribution in [3.05, 3.63) is 35.6 Å². The highest BCUT2D eigenvalue weighted by atomic mass is 19.1. The van der Waals surface area contributed by atoms with Gasteiger partial charge in [-0.3, -0.25) is 0 Å². The van der Waals surface area contributed by atoms with Gasteiger partial charge in [-0.15, -0.1) is 0 Å². The smallest absolute Gasteiger partial charge is 0.123 e. The first-order valence-electron chi connectivity index (χ1n) is 8.74. The van der Waals surface area contributed by atoms with E-state index in [0.717, 1.165) is 19.4 Å². The Morgan fingerprint density at radius 3 is 2.24 bits per heavy atom. The van der Waals surface area contributed by atoms with Crippen molar-refractivity contribution in [2.24, 2.45) is 0 Å². The Morgan fingerprint density at radius 1 is 0.905 bits per heavy atom. The molecule has 0 aliphatic carbocycles. The zero-order valence-corrected chi connectivity index (χ0v) is 13.8. The molecule has 1 aromatic rings. The second-order valence-electron chi connectivity index (χ2n) is 6.04. The zero-order valence-electron chi connectivity index (χ0n) is 13.8. The van der Waals surface area contributed by atoms with E-state index < -0.39 is 0 Å². The highest BCUT2D eigenvalue weighted by Gasteiger charge is 2.08. The second kappa shape index (κ2) is 11.7. The molecule has 2 heteroatoms. The number of hydrogen-bond acceptors (Lipinski definition) is 1. The minimum Gasteiger partial charge on any atom is -0.314 e. The lowest BCUT2D eigenvalue weighted by atomic mass is 9.99. The van der Waals surface area contributed by atoms with Crippen LogP contribution in [0.5, 0.6) is 0 Å². The lowest BCUT2D eigenvalue weighted by molar-refractivity contribution is 0.450. The summed E-state index contributed by atoms with van der Waals surface area (Å²) in [5.74, 6) is -0.146. The van der Waals surface area contributed by atoms with Gasteiger partial charge in [0.1, 0.15) is 5.82 Å². The van der Waals surface area contributed by atoms with Gasteiger partial charge < -0.3 is 5.32 Å². The van der Waals surface area contributed by atoms with Gasteiger partial charge in [-0.05, 0) is 43.5 Å². The summed E-state index contributed by atoms with van der Waals surface area (Å²) in [5, 5.41) is 3.64. The summed E-state index contributed by atoms with van der Waals surface area (Å²) >= 11 is 0. The maximum absolute atomic E-state index is 13.0. The molecule has 1 rings (SSSR count). The van der Waals surface area contributed by atoms with Crippen LogP contribution in [0.2, 0.25) is 0 Å². The average Bonchev–Trinajstić information content (AvgIpc) is 2.50. The summed E-state index contributed by atoms with van der Waals surface area (Å²) in [6.07, 6.45) is 11.5. The van der Waals surface area contributed by atoms with E-state index in [1.807, 2.05) is 12.1 Å². The topological polar surface area (TPSA) is 12.0 Å². The van der Waals surface area contributed by atoms with Crippen LogP contribution in [0.4, 0.5) is 4.39 Å². The first-order chi connectivity index (χ1) is 10.3. The average molecular weight is 293 g/mol. The van der Waals surface area contributed by atoms with Crippen LogP contribution < -0.4 is 5.32 Å². The lowest BCUT2D eigenvalue weighted by Crippen LogP contribution is -2.31. The van der Waals surface area contributed by atoms with Crippen molar-refractivity contribution in [2.75, 3.05) is 6.54 Å². The van der Waals surface area contributed by atoms with Crippen molar-refractivity contribution >= 4 is 0 Å². The molecule has 0 aromatic heterocycles. The molecule has 1 aromatic carbocycles. The van der Waals surface area contributed by atoms with Gasteiger partial charge in [0.05, 0.1) is 0 Å². The number of hydrogen-bond donors (Lipinski definition) is 1. The highest BCUT2D eigenvalue weighted by Crippen LogP contribution is 2.13. The Hall–Kier alpha value is -0.890. The molecule has 0 saturated heterocycles. The van der Waals surface area contributed by atoms with Gasteiger partial charge in [-0.1, -0.05) is 64.5 Å². The van der Waals surface area contributed by atoms with E-state index in [-0.39, 0.29) is 5.82 Å². The Kier molecular flexibility index (Phi) is 10.1. The van der Waals surface area contributed by atoms with E-state index >= 15 is 0 Å². The predicted octanol–water partition coefficient (Wildman–Crippen LogP) is 5.49. The molecule has 0 bridgehead atoms. The zero-order chi connectivity index (χ0) is 15.3. The molecule has 0 radical (unpaired) electrons. The van der Waals surface area contributed by atoms with E-state index in [2.05, 4.69) is 19.2 Å². The van der Waals surface area contributed by atoms with Crippen molar-refractivity contribution in [2.45, 2.75) is 77.7 Å². The molecule has 0 fully saturated rings. The molecule has 120 valence electrons. The Balaban J connectivity index is 2.31. The third-order valence-corrected chi connectivity index (χ3v) is 3.98. The highest BCUT2D eigenvalue weighted by molar-refractivity contribution is 5.17. The molecule has 0 aliphatic rings. The molecule has 0 spiro atoms. The summed E-state index contributed by atoms with van der Waals surface area (Å²) in [7, 11) is 0. The van der Waals surface area contributed by atoms with Gasteiger partial charge in [0.2, 0.25) is 0 Å². The first-order valence-corrected chi connectivity index (χ1v) is 8.74. The summed E-state index contributed by atoms with van der Waals surface area (Å²) < 4.78 is 13.0. The van der Waals surface area contributed by atoms with Gasteiger partial charge >= 0.3 is 0 Å². The molecule has 0 amide bonds. The molecule has 0 aliphatic heterocycles. The Labute approximate surface area is 130 Å². The lowest BCUT2D eigenvalue weighted by Gasteiger charge is -2.18. The number of halogens is 1. The van der Waals surface area contributed by atoms with Gasteiger partial charge in [-0.2, -0.15) is 0 Å². The normalized spacial score (nSPS) is 12.5. The summed E-state index contributed by atoms with van der Waals surface area (Å²) in [6.45, 7) is 5.53. The van der Waals surface area contributed by atoms with Crippen LogP contribution in [-0.4, -0.2) is 12.6 Å². The van der Waals surface area contributed by atoms with Crippen molar-refractivity contribution in [1.29, 1.82) is 0 Å². The van der Waals surface area contributed by atoms with E-state index in [4.69, 9.17) is 0 Å². The van der Waals surface area contributed by atoms with Crippen LogP contribution in [0.3, 0.4) is 0 Å². The molecular weight excluding hydrogens is 261 g/mol. The molecule has 1 N–H and O–H groups in total. The van der Waals surface area contributed by atoms with Gasteiger partial charge in [-0.25, -0.2) is 4.39 Å². The number of nitrogens with one attached hydrogen (secondary N) is 1. The van der Waals surface area contributed by atoms with Crippen molar-refractivity contribution in [3.63, 3.8) is 0 Å². The third-order valence-electron chi connectivity index (χ3n) is 3.98. The molecule has 1 nitrogen and oxygen atoms in total. The van der Waals surface area contributed by atoms with Crippen molar-refractivity contribution in [1.82, 2.24) is 5.32 Å². The number of benzene rings is 1. The molecule has 21 heavy (non-hydrogen) atoms. The van der Waals surface area contributed by atoms with Gasteiger partial charge in [0, 0.05) is 6.04 Å². The first kappa shape index (κ1) is 18.2. The van der Waals surface area contributed by atoms with Crippen LogP contribution >= 0.6 is 0 Å². The SMILES string of the molecule is CCCCCCCCC(Cc1ccc(F)cc1)NCCC. The van der Waals surface area contributed by atoms with E-state index in [1.54, 1.807) is 12.1 Å². The summed E-state index contributed by atoms with van der Waals surface area (Å²) in [6, 6.07) is 7.49. The molecule has 1 atom stereocenters. The Morgan fingerprint density at radius 2 is 1.57 bits per heavy atom. The van der Waals surface area contributed by atoms with Crippen molar-refractivity contribution < 1.29 is 4.39 Å². The van der Waals surface area contributed by atoms with Crippen LogP contribution in [0.1, 0.15) is 70.8 Å². The fraction of sp³-hybridized carbons (Fsp3) is 0.684. The molecular formula is C19H32FN. The van der Waals surface area contributed by atoms with Crippen LogP contribution in [0.25, 0.3) is 0 Å². The van der Waals surface area contributed by atoms with Gasteiger partial charge in [0.25, 0.3) is 0 Å². The van der Waals surface area contributed by atoms with E-state index in [9.17, 15) is 4.39 Å². The van der Waals surface area contributed by atoms with Crippen LogP contribution in [0.15, 0.2) is 24.3 Å². The summed E-state index contributed by atoms with van der Waals surface area (Å²) in [5.41, 5.74) is 1.23. The van der Waals surface area contributed by atoms with Gasteiger partial charge in [0.15, 0.2) is 0 Å². The third kappa shape index (κ3) is 8.87. The fourth-order valence-corrected chi connectivity index (χ4v) is 2.70. The largest absolute Gasteiger partial charge is 0.314 e. The number of rotatable bonds is 12.